The number of aromatic hydroxyl groups is 1. The van der Waals surface area contributed by atoms with E-state index in [0.29, 0.717) is 21.4 Å². The highest BCUT2D eigenvalue weighted by Crippen LogP contribution is 2.37. The number of hydrogen-bond acceptors (Lipinski definition) is 5. The minimum Gasteiger partial charge on any atom is -0.508 e. The Morgan fingerprint density at radius 2 is 1.70 bits per heavy atom. The van der Waals surface area contributed by atoms with Crippen LogP contribution in [-0.2, 0) is 4.79 Å². The number of nitrogens with zero attached hydrogens (tertiary/aromatic N) is 2. The van der Waals surface area contributed by atoms with Gasteiger partial charge in [-0.2, -0.15) is 0 Å². The highest BCUT2D eigenvalue weighted by Gasteiger charge is 2.34. The van der Waals surface area contributed by atoms with E-state index in [-0.39, 0.29) is 17.2 Å². The molecule has 2 N–H and O–H groups in total. The Morgan fingerprint density at radius 1 is 0.967 bits per heavy atom. The monoisotopic (exact) mass is 416 g/mol. The quantitative estimate of drug-likeness (QED) is 0.591. The maximum atomic E-state index is 13.2. The van der Waals surface area contributed by atoms with Crippen molar-refractivity contribution in [2.24, 2.45) is 4.99 Å². The first-order valence-electron chi connectivity index (χ1n) is 9.01. The summed E-state index contributed by atoms with van der Waals surface area (Å²) in [6.07, 6.45) is 1.73. The zero-order chi connectivity index (χ0) is 21.1. The van der Waals surface area contributed by atoms with Crippen molar-refractivity contribution in [1.82, 2.24) is 0 Å². The van der Waals surface area contributed by atoms with E-state index in [2.05, 4.69) is 4.99 Å². The molecule has 0 spiro atoms. The number of carboxylic acid groups (broad SMARTS) is 1. The number of amidine groups is 1. The summed E-state index contributed by atoms with van der Waals surface area (Å²) in [6, 6.07) is 21.9. The summed E-state index contributed by atoms with van der Waals surface area (Å²) in [5.74, 6) is -1.12. The molecule has 0 atom stereocenters. The predicted octanol–water partition coefficient (Wildman–Crippen LogP) is 4.90. The maximum Gasteiger partial charge on any atom is 0.335 e. The lowest BCUT2D eigenvalue weighted by atomic mass is 10.2. The van der Waals surface area contributed by atoms with Gasteiger partial charge >= 0.3 is 5.97 Å². The molecule has 30 heavy (non-hydrogen) atoms. The number of para-hydroxylation sites is 1. The number of benzene rings is 3. The number of rotatable bonds is 4. The van der Waals surface area contributed by atoms with Gasteiger partial charge in [0.15, 0.2) is 5.17 Å². The molecular weight excluding hydrogens is 400 g/mol. The molecule has 3 aromatic rings. The molecule has 0 radical (unpaired) electrons. The molecule has 1 aliphatic heterocycles. The molecule has 6 nitrogen and oxygen atoms in total. The second-order valence-electron chi connectivity index (χ2n) is 6.43. The lowest BCUT2D eigenvalue weighted by Crippen LogP contribution is -2.28. The summed E-state index contributed by atoms with van der Waals surface area (Å²) < 4.78 is 0. The first kappa shape index (κ1) is 19.5. The van der Waals surface area contributed by atoms with E-state index < -0.39 is 5.97 Å². The highest BCUT2D eigenvalue weighted by atomic mass is 32.2. The Morgan fingerprint density at radius 3 is 2.40 bits per heavy atom. The van der Waals surface area contributed by atoms with E-state index in [1.54, 1.807) is 42.5 Å². The number of amides is 1. The average molecular weight is 416 g/mol. The normalized spacial score (nSPS) is 16.4. The molecule has 4 rings (SSSR count). The SMILES string of the molecule is O=C(O)c1cccc(N=C2S/C(=C\c3ccc(O)cc3)C(=O)N2c2ccccc2)c1. The minimum absolute atomic E-state index is 0.122. The third-order valence-corrected chi connectivity index (χ3v) is 5.30. The van der Waals surface area contributed by atoms with Crippen molar-refractivity contribution in [2.75, 3.05) is 4.90 Å². The van der Waals surface area contributed by atoms with Crippen molar-refractivity contribution in [1.29, 1.82) is 0 Å². The fraction of sp³-hybridized carbons (Fsp3) is 0. The molecule has 148 valence electrons. The second kappa shape index (κ2) is 8.26. The zero-order valence-electron chi connectivity index (χ0n) is 15.6. The van der Waals surface area contributed by atoms with Gasteiger partial charge in [-0.1, -0.05) is 36.4 Å². The van der Waals surface area contributed by atoms with Gasteiger partial charge in [-0.25, -0.2) is 9.79 Å². The Balaban J connectivity index is 1.77. The number of phenols is 1. The first-order chi connectivity index (χ1) is 14.5. The van der Waals surface area contributed by atoms with Gasteiger partial charge < -0.3 is 10.2 Å². The van der Waals surface area contributed by atoms with Gasteiger partial charge in [-0.05, 0) is 65.9 Å². The van der Waals surface area contributed by atoms with Crippen LogP contribution < -0.4 is 4.90 Å². The van der Waals surface area contributed by atoms with Crippen LogP contribution in [0.5, 0.6) is 5.75 Å². The van der Waals surface area contributed by atoms with Crippen LogP contribution >= 0.6 is 11.8 Å². The number of aliphatic imine (C=N–C) groups is 1. The van der Waals surface area contributed by atoms with Gasteiger partial charge in [0.2, 0.25) is 0 Å². The molecule has 0 unspecified atom stereocenters. The summed E-state index contributed by atoms with van der Waals surface area (Å²) in [5, 5.41) is 19.1. The molecule has 7 heteroatoms. The Hall–Kier alpha value is -3.84. The van der Waals surface area contributed by atoms with Crippen LogP contribution in [0.2, 0.25) is 0 Å². The fourth-order valence-corrected chi connectivity index (χ4v) is 3.90. The topological polar surface area (TPSA) is 90.2 Å². The van der Waals surface area contributed by atoms with Gasteiger partial charge in [0.1, 0.15) is 5.75 Å². The van der Waals surface area contributed by atoms with Crippen molar-refractivity contribution in [3.05, 3.63) is 94.9 Å². The number of aromatic carboxylic acids is 1. The van der Waals surface area contributed by atoms with Crippen LogP contribution in [0.4, 0.5) is 11.4 Å². The number of anilines is 1. The highest BCUT2D eigenvalue weighted by molar-refractivity contribution is 8.19. The molecule has 0 saturated carbocycles. The lowest BCUT2D eigenvalue weighted by molar-refractivity contribution is -0.113. The molecule has 1 aliphatic rings. The van der Waals surface area contributed by atoms with Crippen molar-refractivity contribution in [2.45, 2.75) is 0 Å². The Kier molecular flexibility index (Phi) is 5.36. The van der Waals surface area contributed by atoms with Gasteiger partial charge in [0.25, 0.3) is 5.91 Å². The van der Waals surface area contributed by atoms with Crippen LogP contribution in [0.25, 0.3) is 6.08 Å². The summed E-state index contributed by atoms with van der Waals surface area (Å²) in [4.78, 5) is 31.0. The van der Waals surface area contributed by atoms with Gasteiger partial charge in [0.05, 0.1) is 21.8 Å². The number of phenolic OH excluding ortho intramolecular Hbond substituents is 1. The van der Waals surface area contributed by atoms with Crippen molar-refractivity contribution in [3.8, 4) is 5.75 Å². The van der Waals surface area contributed by atoms with Crippen molar-refractivity contribution in [3.63, 3.8) is 0 Å². The van der Waals surface area contributed by atoms with E-state index in [0.717, 1.165) is 5.56 Å². The van der Waals surface area contributed by atoms with Crippen LogP contribution in [0.1, 0.15) is 15.9 Å². The van der Waals surface area contributed by atoms with Crippen LogP contribution in [-0.4, -0.2) is 27.3 Å². The smallest absolute Gasteiger partial charge is 0.335 e. The Labute approximate surface area is 176 Å². The summed E-state index contributed by atoms with van der Waals surface area (Å²) in [7, 11) is 0. The van der Waals surface area contributed by atoms with Gasteiger partial charge in [0, 0.05) is 0 Å². The van der Waals surface area contributed by atoms with E-state index in [9.17, 15) is 19.8 Å². The zero-order valence-corrected chi connectivity index (χ0v) is 16.4. The molecular formula is C23H16N2O4S. The molecule has 0 aliphatic carbocycles. The third-order valence-electron chi connectivity index (χ3n) is 4.33. The van der Waals surface area contributed by atoms with Crippen LogP contribution in [0, 0.1) is 0 Å². The standard InChI is InChI=1S/C23H16N2O4S/c26-19-11-9-15(10-12-19)13-20-21(27)25(18-7-2-1-3-8-18)23(30-20)24-17-6-4-5-16(14-17)22(28)29/h1-14,26H,(H,28,29)/b20-13-,24-23?. The average Bonchev–Trinajstić information content (AvgIpc) is 3.05. The van der Waals surface area contributed by atoms with E-state index in [1.807, 2.05) is 30.3 Å². The van der Waals surface area contributed by atoms with Crippen LogP contribution in [0.3, 0.4) is 0 Å². The first-order valence-corrected chi connectivity index (χ1v) is 9.83. The van der Waals surface area contributed by atoms with Crippen molar-refractivity contribution < 1.29 is 19.8 Å². The third kappa shape index (κ3) is 4.11. The summed E-state index contributed by atoms with van der Waals surface area (Å²) >= 11 is 1.21. The number of carboxylic acids is 1. The lowest BCUT2D eigenvalue weighted by Gasteiger charge is -2.15. The number of thioether (sulfide) groups is 1. The largest absolute Gasteiger partial charge is 0.508 e. The predicted molar refractivity (Wildman–Crippen MR) is 118 cm³/mol. The van der Waals surface area contributed by atoms with Gasteiger partial charge in [-0.15, -0.1) is 0 Å². The number of carbonyl (C=O) groups is 2. The molecule has 1 saturated heterocycles. The molecule has 3 aromatic carbocycles. The van der Waals surface area contributed by atoms with Gasteiger partial charge in [-0.3, -0.25) is 9.69 Å². The molecule has 0 bridgehead atoms. The second-order valence-corrected chi connectivity index (χ2v) is 7.44. The summed E-state index contributed by atoms with van der Waals surface area (Å²) in [5.41, 5.74) is 2.00. The Bertz CT molecular complexity index is 1170. The maximum absolute atomic E-state index is 13.2. The van der Waals surface area contributed by atoms with E-state index in [4.69, 9.17) is 0 Å². The molecule has 1 fully saturated rings. The van der Waals surface area contributed by atoms with E-state index in [1.165, 1.54) is 28.8 Å². The van der Waals surface area contributed by atoms with Crippen molar-refractivity contribution >= 4 is 46.3 Å². The minimum atomic E-state index is -1.04. The van der Waals surface area contributed by atoms with Crippen LogP contribution in [0.15, 0.2) is 88.8 Å². The molecule has 1 heterocycles. The summed E-state index contributed by atoms with van der Waals surface area (Å²) in [6.45, 7) is 0. The van der Waals surface area contributed by atoms with E-state index >= 15 is 0 Å². The number of carbonyl (C=O) groups excluding carboxylic acids is 1. The number of hydrogen-bond donors (Lipinski definition) is 2. The molecule has 1 amide bonds. The fourth-order valence-electron chi connectivity index (χ4n) is 2.89. The molecule has 0 aromatic heterocycles.